The number of nitrogens with zero attached hydrogens (tertiary/aromatic N) is 3. The molecule has 0 spiro atoms. The summed E-state index contributed by atoms with van der Waals surface area (Å²) in [6.45, 7) is 8.26. The molecule has 0 bridgehead atoms. The molecule has 5 rings (SSSR count). The van der Waals surface area contributed by atoms with E-state index in [2.05, 4.69) is 10.3 Å². The summed E-state index contributed by atoms with van der Waals surface area (Å²) in [6, 6.07) is 11.2. The minimum atomic E-state index is -4.46. The van der Waals surface area contributed by atoms with Gasteiger partial charge in [-0.3, -0.25) is 14.2 Å². The number of hydrogen-bond donors (Lipinski definition) is 1. The molecule has 7 nitrogen and oxygen atoms in total. The highest BCUT2D eigenvalue weighted by Gasteiger charge is 2.30. The number of alkyl halides is 3. The lowest BCUT2D eigenvalue weighted by Crippen LogP contribution is -2.47. The van der Waals surface area contributed by atoms with Gasteiger partial charge in [-0.15, -0.1) is 11.3 Å². The zero-order chi connectivity index (χ0) is 31.6. The van der Waals surface area contributed by atoms with Crippen molar-refractivity contribution in [3.63, 3.8) is 0 Å². The Hall–Kier alpha value is -3.93. The molecule has 4 aromatic rings. The van der Waals surface area contributed by atoms with E-state index in [0.29, 0.717) is 71.7 Å². The van der Waals surface area contributed by atoms with Gasteiger partial charge in [0, 0.05) is 43.2 Å². The smallest absolute Gasteiger partial charge is 0.416 e. The van der Waals surface area contributed by atoms with E-state index in [1.807, 2.05) is 20.8 Å². The zero-order valence-electron chi connectivity index (χ0n) is 24.3. The SMILES string of the molecule is CCOc1ccc(Cl)c(-n2c(C=C(C)C)c(C(=O)N3CCNCC3)cc(-c3nc(-c4ccc(C(F)(F)F)cc4)cs3)c2=O)c1. The maximum Gasteiger partial charge on any atom is 0.416 e. The van der Waals surface area contributed by atoms with Crippen LogP contribution in [0, 0.1) is 0 Å². The summed E-state index contributed by atoms with van der Waals surface area (Å²) in [5.41, 5.74) is 1.67. The van der Waals surface area contributed by atoms with Crippen LogP contribution in [0.15, 0.2) is 64.3 Å². The summed E-state index contributed by atoms with van der Waals surface area (Å²) in [5.74, 6) is 0.256. The molecule has 0 aliphatic carbocycles. The second-order valence-electron chi connectivity index (χ2n) is 10.4. The number of carbonyl (C=O) groups is 1. The van der Waals surface area contributed by atoms with Gasteiger partial charge >= 0.3 is 6.18 Å². The Morgan fingerprint density at radius 3 is 2.45 bits per heavy atom. The normalized spacial score (nSPS) is 13.6. The highest BCUT2D eigenvalue weighted by molar-refractivity contribution is 7.13. The van der Waals surface area contributed by atoms with Gasteiger partial charge in [0.1, 0.15) is 10.8 Å². The summed E-state index contributed by atoms with van der Waals surface area (Å²) < 4.78 is 46.4. The first-order chi connectivity index (χ1) is 21.0. The third-order valence-corrected chi connectivity index (χ3v) is 8.21. The number of allylic oxidation sites excluding steroid dienone is 1. The van der Waals surface area contributed by atoms with Crippen LogP contribution in [0.5, 0.6) is 5.75 Å². The van der Waals surface area contributed by atoms with Gasteiger partial charge in [-0.25, -0.2) is 4.98 Å². The number of nitrogens with one attached hydrogen (secondary N) is 1. The molecule has 44 heavy (non-hydrogen) atoms. The summed E-state index contributed by atoms with van der Waals surface area (Å²) >= 11 is 7.85. The second kappa shape index (κ2) is 13.0. The van der Waals surface area contributed by atoms with Crippen molar-refractivity contribution in [2.75, 3.05) is 32.8 Å². The number of piperazine rings is 1. The largest absolute Gasteiger partial charge is 0.494 e. The zero-order valence-corrected chi connectivity index (χ0v) is 25.9. The van der Waals surface area contributed by atoms with Crippen LogP contribution in [0.25, 0.3) is 33.6 Å². The number of benzene rings is 2. The summed E-state index contributed by atoms with van der Waals surface area (Å²) in [4.78, 5) is 34.8. The number of pyridine rings is 1. The van der Waals surface area contributed by atoms with Crippen molar-refractivity contribution < 1.29 is 22.7 Å². The maximum absolute atomic E-state index is 14.4. The lowest BCUT2D eigenvalue weighted by atomic mass is 10.0. The Kier molecular flexibility index (Phi) is 9.28. The number of ether oxygens (including phenoxy) is 1. The summed E-state index contributed by atoms with van der Waals surface area (Å²) in [6.07, 6.45) is -2.68. The van der Waals surface area contributed by atoms with Crippen LogP contribution < -0.4 is 15.6 Å². The van der Waals surface area contributed by atoms with E-state index in [1.54, 1.807) is 40.6 Å². The summed E-state index contributed by atoms with van der Waals surface area (Å²) in [5, 5.41) is 5.51. The molecule has 2 aromatic carbocycles. The molecule has 0 unspecified atom stereocenters. The second-order valence-corrected chi connectivity index (χ2v) is 11.7. The predicted molar refractivity (Wildman–Crippen MR) is 168 cm³/mol. The molecule has 0 radical (unpaired) electrons. The lowest BCUT2D eigenvalue weighted by Gasteiger charge is -2.29. The highest BCUT2D eigenvalue weighted by Crippen LogP contribution is 2.34. The van der Waals surface area contributed by atoms with E-state index >= 15 is 0 Å². The number of carbonyl (C=O) groups excluding carboxylic acids is 1. The van der Waals surface area contributed by atoms with Gasteiger partial charge < -0.3 is 15.0 Å². The Morgan fingerprint density at radius 1 is 1.11 bits per heavy atom. The minimum absolute atomic E-state index is 0.162. The quantitative estimate of drug-likeness (QED) is 0.231. The van der Waals surface area contributed by atoms with Gasteiger partial charge in [-0.05, 0) is 57.2 Å². The average molecular weight is 643 g/mol. The van der Waals surface area contributed by atoms with Crippen molar-refractivity contribution in [2.45, 2.75) is 26.9 Å². The number of halogens is 4. The van der Waals surface area contributed by atoms with Crippen molar-refractivity contribution in [1.29, 1.82) is 0 Å². The molecular formula is C32H30ClF3N4O3S. The first-order valence-corrected chi connectivity index (χ1v) is 15.2. The number of amides is 1. The highest BCUT2D eigenvalue weighted by atomic mass is 35.5. The van der Waals surface area contributed by atoms with Gasteiger partial charge in [-0.2, -0.15) is 13.2 Å². The average Bonchev–Trinajstić information content (AvgIpc) is 3.48. The van der Waals surface area contributed by atoms with E-state index in [9.17, 15) is 22.8 Å². The molecule has 230 valence electrons. The molecule has 12 heteroatoms. The van der Waals surface area contributed by atoms with Crippen molar-refractivity contribution in [3.8, 4) is 33.3 Å². The molecule has 0 atom stereocenters. The molecule has 2 aromatic heterocycles. The number of rotatable bonds is 7. The van der Waals surface area contributed by atoms with Crippen molar-refractivity contribution in [1.82, 2.24) is 19.8 Å². The molecule has 1 aliphatic heterocycles. The van der Waals surface area contributed by atoms with Gasteiger partial charge in [0.15, 0.2) is 0 Å². The topological polar surface area (TPSA) is 76.5 Å². The van der Waals surface area contributed by atoms with Crippen LogP contribution in [-0.2, 0) is 6.18 Å². The van der Waals surface area contributed by atoms with E-state index in [0.717, 1.165) is 29.0 Å². The molecule has 3 heterocycles. The van der Waals surface area contributed by atoms with E-state index in [4.69, 9.17) is 16.3 Å². The Morgan fingerprint density at radius 2 is 1.82 bits per heavy atom. The van der Waals surface area contributed by atoms with Crippen molar-refractivity contribution in [2.24, 2.45) is 0 Å². The molecule has 1 fully saturated rings. The Labute approximate surface area is 261 Å². The lowest BCUT2D eigenvalue weighted by molar-refractivity contribution is -0.137. The van der Waals surface area contributed by atoms with Crippen LogP contribution in [0.4, 0.5) is 13.2 Å². The fourth-order valence-corrected chi connectivity index (χ4v) is 5.97. The molecule has 0 saturated carbocycles. The third kappa shape index (κ3) is 6.59. The first kappa shape index (κ1) is 31.5. The van der Waals surface area contributed by atoms with Crippen LogP contribution in [0.2, 0.25) is 5.02 Å². The first-order valence-electron chi connectivity index (χ1n) is 14.0. The van der Waals surface area contributed by atoms with Crippen molar-refractivity contribution >= 4 is 34.9 Å². The number of hydrogen-bond acceptors (Lipinski definition) is 6. The van der Waals surface area contributed by atoms with Gasteiger partial charge in [0.25, 0.3) is 11.5 Å². The van der Waals surface area contributed by atoms with E-state index < -0.39 is 17.3 Å². The van der Waals surface area contributed by atoms with Gasteiger partial charge in [0.05, 0.1) is 45.4 Å². The Balaban J connectivity index is 1.74. The molecule has 1 aliphatic rings. The van der Waals surface area contributed by atoms with Crippen LogP contribution in [-0.4, -0.2) is 53.1 Å². The predicted octanol–water partition coefficient (Wildman–Crippen LogP) is 7.17. The van der Waals surface area contributed by atoms with E-state index in [1.165, 1.54) is 16.7 Å². The molecular weight excluding hydrogens is 613 g/mol. The fraction of sp³-hybridized carbons (Fsp3) is 0.281. The standard InChI is InChI=1S/C32H30ClF3N4O3S/c1-4-43-22-9-10-25(33)28(16-22)40-27(15-19(2)3)23(30(41)39-13-11-37-12-14-39)17-24(31(40)42)29-38-26(18-44-29)20-5-7-21(8-6-20)32(34,35)36/h5-10,15-18,37H,4,11-14H2,1-3H3. The number of thiazole rings is 1. The summed E-state index contributed by atoms with van der Waals surface area (Å²) in [7, 11) is 0. The number of aromatic nitrogens is 2. The van der Waals surface area contributed by atoms with Gasteiger partial charge in [-0.1, -0.05) is 29.3 Å². The van der Waals surface area contributed by atoms with Crippen LogP contribution in [0.3, 0.4) is 0 Å². The van der Waals surface area contributed by atoms with E-state index in [-0.39, 0.29) is 16.5 Å². The third-order valence-electron chi connectivity index (χ3n) is 7.01. The monoisotopic (exact) mass is 642 g/mol. The Bertz CT molecular complexity index is 1770. The molecule has 1 amide bonds. The van der Waals surface area contributed by atoms with Crippen molar-refractivity contribution in [3.05, 3.63) is 91.7 Å². The fourth-order valence-electron chi connectivity index (χ4n) is 4.93. The van der Waals surface area contributed by atoms with Gasteiger partial charge in [0.2, 0.25) is 0 Å². The minimum Gasteiger partial charge on any atom is -0.494 e. The maximum atomic E-state index is 14.4. The van der Waals surface area contributed by atoms with Crippen LogP contribution in [0.1, 0.15) is 42.4 Å². The van der Waals surface area contributed by atoms with Crippen LogP contribution >= 0.6 is 22.9 Å². The molecule has 1 N–H and O–H groups in total. The molecule has 1 saturated heterocycles.